The minimum absolute atomic E-state index is 0.0174. The quantitative estimate of drug-likeness (QED) is 0.558. The van der Waals surface area contributed by atoms with Crippen molar-refractivity contribution < 1.29 is 19.4 Å². The zero-order chi connectivity index (χ0) is 15.1. The fourth-order valence-electron chi connectivity index (χ4n) is 1.33. The molecule has 1 aromatic heterocycles. The number of hydrogen-bond donors (Lipinski definition) is 2. The summed E-state index contributed by atoms with van der Waals surface area (Å²) in [5.41, 5.74) is 0.663. The molecule has 1 heterocycles. The Morgan fingerprint density at radius 2 is 2.25 bits per heavy atom. The predicted molar refractivity (Wildman–Crippen MR) is 79.4 cm³/mol. The SMILES string of the molecule is C=CCOC(=O)NC(Cc1cnc(Br)c(Br)c1)C(=O)O. The highest BCUT2D eigenvalue weighted by molar-refractivity contribution is 9.13. The molecule has 0 aliphatic rings. The Balaban J connectivity index is 2.71. The number of amides is 1. The van der Waals surface area contributed by atoms with E-state index in [4.69, 9.17) is 5.11 Å². The maximum atomic E-state index is 11.4. The zero-order valence-electron chi connectivity index (χ0n) is 10.3. The summed E-state index contributed by atoms with van der Waals surface area (Å²) < 4.78 is 6.01. The molecule has 2 N–H and O–H groups in total. The molecule has 1 atom stereocenters. The van der Waals surface area contributed by atoms with E-state index in [2.05, 4.69) is 53.5 Å². The van der Waals surface area contributed by atoms with Crippen LogP contribution in [0.4, 0.5) is 4.79 Å². The number of ether oxygens (including phenoxy) is 1. The van der Waals surface area contributed by atoms with Gasteiger partial charge in [-0.05, 0) is 43.5 Å². The third kappa shape index (κ3) is 5.30. The van der Waals surface area contributed by atoms with Gasteiger partial charge >= 0.3 is 12.1 Å². The molecule has 108 valence electrons. The predicted octanol–water partition coefficient (Wildman–Crippen LogP) is 2.51. The summed E-state index contributed by atoms with van der Waals surface area (Å²) in [6.45, 7) is 3.41. The van der Waals surface area contributed by atoms with Gasteiger partial charge in [0.1, 0.15) is 17.3 Å². The number of carboxylic acids is 1. The number of alkyl carbamates (subject to hydrolysis) is 1. The molecule has 6 nitrogen and oxygen atoms in total. The van der Waals surface area contributed by atoms with Crippen molar-refractivity contribution in [2.45, 2.75) is 12.5 Å². The lowest BCUT2D eigenvalue weighted by Gasteiger charge is -2.14. The highest BCUT2D eigenvalue weighted by atomic mass is 79.9. The Bertz CT molecular complexity index is 522. The van der Waals surface area contributed by atoms with Gasteiger partial charge in [-0.2, -0.15) is 0 Å². The van der Waals surface area contributed by atoms with Crippen LogP contribution in [0, 0.1) is 0 Å². The van der Waals surface area contributed by atoms with E-state index in [-0.39, 0.29) is 13.0 Å². The monoisotopic (exact) mass is 406 g/mol. The van der Waals surface area contributed by atoms with Crippen molar-refractivity contribution in [2.24, 2.45) is 0 Å². The van der Waals surface area contributed by atoms with Crippen LogP contribution >= 0.6 is 31.9 Å². The average molecular weight is 408 g/mol. The van der Waals surface area contributed by atoms with Gasteiger partial charge in [-0.3, -0.25) is 0 Å². The lowest BCUT2D eigenvalue weighted by atomic mass is 10.1. The highest BCUT2D eigenvalue weighted by Crippen LogP contribution is 2.21. The molecular formula is C12H12Br2N2O4. The number of carbonyl (C=O) groups excluding carboxylic acids is 1. The van der Waals surface area contributed by atoms with Crippen LogP contribution < -0.4 is 5.32 Å². The molecule has 0 aromatic carbocycles. The second-order valence-corrected chi connectivity index (χ2v) is 5.35. The summed E-state index contributed by atoms with van der Waals surface area (Å²) in [7, 11) is 0. The topological polar surface area (TPSA) is 88.5 Å². The number of halogens is 2. The Labute approximate surface area is 132 Å². The first-order valence-corrected chi connectivity index (χ1v) is 7.09. The maximum Gasteiger partial charge on any atom is 0.408 e. The lowest BCUT2D eigenvalue weighted by molar-refractivity contribution is -0.139. The molecule has 0 saturated carbocycles. The van der Waals surface area contributed by atoms with Crippen LogP contribution in [0.15, 0.2) is 34.0 Å². The van der Waals surface area contributed by atoms with Crippen LogP contribution in [-0.4, -0.2) is 34.8 Å². The Morgan fingerprint density at radius 3 is 2.80 bits per heavy atom. The molecule has 0 bridgehead atoms. The molecule has 1 amide bonds. The van der Waals surface area contributed by atoms with Gasteiger partial charge in [-0.1, -0.05) is 12.7 Å². The van der Waals surface area contributed by atoms with E-state index in [9.17, 15) is 9.59 Å². The van der Waals surface area contributed by atoms with E-state index >= 15 is 0 Å². The first-order chi connectivity index (χ1) is 9.43. The number of carbonyl (C=O) groups is 2. The van der Waals surface area contributed by atoms with Gasteiger partial charge in [0.15, 0.2) is 0 Å². The van der Waals surface area contributed by atoms with Crippen molar-refractivity contribution in [2.75, 3.05) is 6.61 Å². The molecule has 1 rings (SSSR count). The first-order valence-electron chi connectivity index (χ1n) is 5.51. The summed E-state index contributed by atoms with van der Waals surface area (Å²) in [5.74, 6) is -1.15. The molecule has 20 heavy (non-hydrogen) atoms. The third-order valence-corrected chi connectivity index (χ3v) is 3.98. The first kappa shape index (κ1) is 16.6. The number of aliphatic carboxylic acids is 1. The molecule has 1 aromatic rings. The molecule has 8 heteroatoms. The molecule has 0 radical (unpaired) electrons. The fourth-order valence-corrected chi connectivity index (χ4v) is 1.94. The van der Waals surface area contributed by atoms with Gasteiger partial charge in [-0.25, -0.2) is 14.6 Å². The van der Waals surface area contributed by atoms with E-state index in [0.29, 0.717) is 14.6 Å². The number of aromatic nitrogens is 1. The smallest absolute Gasteiger partial charge is 0.408 e. The van der Waals surface area contributed by atoms with Crippen LogP contribution in [0.1, 0.15) is 5.56 Å². The average Bonchev–Trinajstić information content (AvgIpc) is 2.39. The van der Waals surface area contributed by atoms with Crippen molar-refractivity contribution in [1.82, 2.24) is 10.3 Å². The van der Waals surface area contributed by atoms with E-state index in [0.717, 1.165) is 0 Å². The van der Waals surface area contributed by atoms with Gasteiger partial charge in [0.2, 0.25) is 0 Å². The lowest BCUT2D eigenvalue weighted by Crippen LogP contribution is -2.42. The van der Waals surface area contributed by atoms with Crippen LogP contribution in [0.25, 0.3) is 0 Å². The van der Waals surface area contributed by atoms with E-state index in [1.807, 2.05) is 0 Å². The van der Waals surface area contributed by atoms with Gasteiger partial charge < -0.3 is 15.2 Å². The van der Waals surface area contributed by atoms with Crippen molar-refractivity contribution in [3.8, 4) is 0 Å². The summed E-state index contributed by atoms with van der Waals surface area (Å²) in [4.78, 5) is 26.5. The summed E-state index contributed by atoms with van der Waals surface area (Å²) >= 11 is 6.50. The van der Waals surface area contributed by atoms with Crippen LogP contribution in [0.2, 0.25) is 0 Å². The van der Waals surface area contributed by atoms with Crippen molar-refractivity contribution >= 4 is 43.9 Å². The largest absolute Gasteiger partial charge is 0.480 e. The van der Waals surface area contributed by atoms with Gasteiger partial charge in [0.05, 0.1) is 4.47 Å². The van der Waals surface area contributed by atoms with Crippen LogP contribution in [0.3, 0.4) is 0 Å². The minimum atomic E-state index is -1.15. The molecule has 0 saturated heterocycles. The number of pyridine rings is 1. The van der Waals surface area contributed by atoms with Gasteiger partial charge in [0, 0.05) is 12.6 Å². The Morgan fingerprint density at radius 1 is 1.55 bits per heavy atom. The fraction of sp³-hybridized carbons (Fsp3) is 0.250. The summed E-state index contributed by atoms with van der Waals surface area (Å²) in [5, 5.41) is 11.4. The number of rotatable bonds is 6. The van der Waals surface area contributed by atoms with Crippen molar-refractivity contribution in [3.05, 3.63) is 39.6 Å². The van der Waals surface area contributed by atoms with E-state index in [1.165, 1.54) is 12.3 Å². The molecular weight excluding hydrogens is 396 g/mol. The molecule has 0 spiro atoms. The van der Waals surface area contributed by atoms with Crippen molar-refractivity contribution in [1.29, 1.82) is 0 Å². The standard InChI is InChI=1S/C12H12Br2N2O4/c1-2-3-20-12(19)16-9(11(17)18)5-7-4-8(13)10(14)15-6-7/h2,4,6,9H,1,3,5H2,(H,16,19)(H,17,18). The van der Waals surface area contributed by atoms with Crippen LogP contribution in [0.5, 0.6) is 0 Å². The highest BCUT2D eigenvalue weighted by Gasteiger charge is 2.21. The van der Waals surface area contributed by atoms with E-state index in [1.54, 1.807) is 6.07 Å². The van der Waals surface area contributed by atoms with Crippen LogP contribution in [-0.2, 0) is 16.0 Å². The molecule has 1 unspecified atom stereocenters. The normalized spacial score (nSPS) is 11.5. The maximum absolute atomic E-state index is 11.4. The summed E-state index contributed by atoms with van der Waals surface area (Å²) in [6.07, 6.45) is 2.21. The number of hydrogen-bond acceptors (Lipinski definition) is 4. The Kier molecular flexibility index (Phi) is 6.66. The van der Waals surface area contributed by atoms with E-state index < -0.39 is 18.1 Å². The van der Waals surface area contributed by atoms with Gasteiger partial charge in [0.25, 0.3) is 0 Å². The second kappa shape index (κ2) is 8.01. The number of carboxylic acid groups (broad SMARTS) is 1. The second-order valence-electron chi connectivity index (χ2n) is 3.74. The Hall–Kier alpha value is -1.41. The zero-order valence-corrected chi connectivity index (χ0v) is 13.5. The third-order valence-electron chi connectivity index (χ3n) is 2.22. The number of nitrogens with one attached hydrogen (secondary N) is 1. The molecule has 0 aliphatic carbocycles. The minimum Gasteiger partial charge on any atom is -0.480 e. The molecule has 0 fully saturated rings. The van der Waals surface area contributed by atoms with Crippen molar-refractivity contribution in [3.63, 3.8) is 0 Å². The summed E-state index contributed by atoms with van der Waals surface area (Å²) in [6, 6.07) is 0.631. The number of nitrogens with zero attached hydrogens (tertiary/aromatic N) is 1. The van der Waals surface area contributed by atoms with Gasteiger partial charge in [-0.15, -0.1) is 0 Å². The molecule has 0 aliphatic heterocycles.